The van der Waals surface area contributed by atoms with E-state index in [-0.39, 0.29) is 23.5 Å². The van der Waals surface area contributed by atoms with Crippen molar-refractivity contribution in [3.63, 3.8) is 0 Å². The number of amides is 1. The lowest BCUT2D eigenvalue weighted by molar-refractivity contribution is -0.141. The van der Waals surface area contributed by atoms with Crippen molar-refractivity contribution in [2.24, 2.45) is 5.16 Å². The molecule has 2 aliphatic heterocycles. The maximum absolute atomic E-state index is 14.0. The van der Waals surface area contributed by atoms with Gasteiger partial charge in [0.2, 0.25) is 6.10 Å². The van der Waals surface area contributed by atoms with Gasteiger partial charge in [-0.1, -0.05) is 35.5 Å². The molecule has 1 saturated heterocycles. The van der Waals surface area contributed by atoms with Crippen LogP contribution in [0.3, 0.4) is 0 Å². The molecule has 140 valence electrons. The van der Waals surface area contributed by atoms with Crippen LogP contribution in [0.5, 0.6) is 0 Å². The Labute approximate surface area is 156 Å². The van der Waals surface area contributed by atoms with Crippen LogP contribution in [0.4, 0.5) is 8.78 Å². The molecule has 2 aromatic carbocycles. The zero-order chi connectivity index (χ0) is 18.8. The monoisotopic (exact) mass is 370 g/mol. The topological polar surface area (TPSA) is 41.9 Å². The average Bonchev–Trinajstić information content (AvgIpc) is 3.33. The summed E-state index contributed by atoms with van der Waals surface area (Å²) in [5.41, 5.74) is 2.35. The first-order valence-corrected chi connectivity index (χ1v) is 9.09. The molecule has 4 rings (SSSR count). The second-order valence-corrected chi connectivity index (χ2v) is 7.05. The Morgan fingerprint density at radius 3 is 2.70 bits per heavy atom. The summed E-state index contributed by atoms with van der Waals surface area (Å²) in [5, 5.41) is 4.03. The molecule has 0 radical (unpaired) electrons. The highest BCUT2D eigenvalue weighted by molar-refractivity contribution is 5.94. The summed E-state index contributed by atoms with van der Waals surface area (Å²) in [6, 6.07) is 12.9. The molecule has 6 heteroatoms. The predicted octanol–water partition coefficient (Wildman–Crippen LogP) is 3.67. The Balaban J connectivity index is 1.33. The van der Waals surface area contributed by atoms with Crippen LogP contribution in [0, 0.1) is 11.6 Å². The molecule has 1 fully saturated rings. The maximum atomic E-state index is 14.0. The quantitative estimate of drug-likeness (QED) is 0.824. The van der Waals surface area contributed by atoms with Gasteiger partial charge in [-0.2, -0.15) is 0 Å². The summed E-state index contributed by atoms with van der Waals surface area (Å²) in [7, 11) is 0. The van der Waals surface area contributed by atoms with E-state index in [0.717, 1.165) is 17.7 Å². The minimum Gasteiger partial charge on any atom is -0.382 e. The van der Waals surface area contributed by atoms with Gasteiger partial charge in [-0.25, -0.2) is 8.78 Å². The molecule has 0 bridgehead atoms. The molecule has 27 heavy (non-hydrogen) atoms. The van der Waals surface area contributed by atoms with Crippen LogP contribution < -0.4 is 0 Å². The predicted molar refractivity (Wildman–Crippen MR) is 97.4 cm³/mol. The van der Waals surface area contributed by atoms with E-state index < -0.39 is 6.10 Å². The molecule has 2 atom stereocenters. The van der Waals surface area contributed by atoms with E-state index in [1.54, 1.807) is 29.2 Å². The van der Waals surface area contributed by atoms with Crippen molar-refractivity contribution in [2.75, 3.05) is 13.1 Å². The number of benzene rings is 2. The lowest BCUT2D eigenvalue weighted by atomic mass is 9.98. The van der Waals surface area contributed by atoms with E-state index in [2.05, 4.69) is 5.16 Å². The first-order valence-electron chi connectivity index (χ1n) is 9.09. The van der Waals surface area contributed by atoms with Crippen LogP contribution in [-0.2, 0) is 16.1 Å². The van der Waals surface area contributed by atoms with Crippen LogP contribution in [0.25, 0.3) is 0 Å². The minimum atomic E-state index is -0.625. The molecular weight excluding hydrogens is 350 g/mol. The minimum absolute atomic E-state index is 0.0103. The molecule has 4 nitrogen and oxygen atoms in total. The fourth-order valence-electron chi connectivity index (χ4n) is 3.73. The second-order valence-electron chi connectivity index (χ2n) is 7.05. The number of oxime groups is 1. The van der Waals surface area contributed by atoms with Crippen LogP contribution in [0.2, 0.25) is 0 Å². The lowest BCUT2D eigenvalue weighted by Gasteiger charge is -2.19. The molecule has 0 saturated carbocycles. The Hall–Kier alpha value is -2.76. The van der Waals surface area contributed by atoms with Crippen molar-refractivity contribution >= 4 is 11.6 Å². The van der Waals surface area contributed by atoms with Crippen LogP contribution >= 0.6 is 0 Å². The van der Waals surface area contributed by atoms with E-state index in [4.69, 9.17) is 4.84 Å². The normalized spacial score (nSPS) is 21.9. The van der Waals surface area contributed by atoms with Crippen molar-refractivity contribution in [1.82, 2.24) is 4.90 Å². The van der Waals surface area contributed by atoms with Gasteiger partial charge in [0, 0.05) is 31.8 Å². The van der Waals surface area contributed by atoms with Gasteiger partial charge < -0.3 is 9.74 Å². The molecule has 1 amide bonds. The van der Waals surface area contributed by atoms with E-state index in [9.17, 15) is 13.6 Å². The number of rotatable bonds is 4. The molecule has 2 aliphatic rings. The maximum Gasteiger partial charge on any atom is 0.266 e. The third kappa shape index (κ3) is 3.84. The van der Waals surface area contributed by atoms with Gasteiger partial charge >= 0.3 is 0 Å². The van der Waals surface area contributed by atoms with Gasteiger partial charge in [-0.15, -0.1) is 0 Å². The summed E-state index contributed by atoms with van der Waals surface area (Å²) < 4.78 is 27.0. The van der Waals surface area contributed by atoms with Gasteiger partial charge in [-0.3, -0.25) is 4.79 Å². The third-order valence-electron chi connectivity index (χ3n) is 5.17. The Kier molecular flexibility index (Phi) is 4.88. The standard InChI is InChI=1S/C21H20F2N2O2/c22-16-7-5-14(6-8-16)11-17-12-20(27-24-17)21(26)25-10-9-15(13-25)18-3-1-2-4-19(18)23/h1-8,15,20H,9-13H2. The average molecular weight is 370 g/mol. The van der Waals surface area contributed by atoms with Crippen molar-refractivity contribution in [1.29, 1.82) is 0 Å². The van der Waals surface area contributed by atoms with Gasteiger partial charge in [0.05, 0.1) is 5.71 Å². The summed E-state index contributed by atoms with van der Waals surface area (Å²) >= 11 is 0. The molecule has 2 heterocycles. The van der Waals surface area contributed by atoms with Gasteiger partial charge in [-0.05, 0) is 35.7 Å². The van der Waals surface area contributed by atoms with E-state index in [1.165, 1.54) is 18.2 Å². The SMILES string of the molecule is O=C(C1CC(Cc2ccc(F)cc2)=NO1)N1CCC(c2ccccc2F)C1. The Bertz CT molecular complexity index is 867. The third-order valence-corrected chi connectivity index (χ3v) is 5.17. The first-order chi connectivity index (χ1) is 13.1. The van der Waals surface area contributed by atoms with Crippen molar-refractivity contribution in [3.05, 3.63) is 71.3 Å². The zero-order valence-corrected chi connectivity index (χ0v) is 14.8. The Morgan fingerprint density at radius 1 is 1.15 bits per heavy atom. The highest BCUT2D eigenvalue weighted by Gasteiger charge is 2.36. The first kappa shape index (κ1) is 17.6. The van der Waals surface area contributed by atoms with Crippen molar-refractivity contribution in [2.45, 2.75) is 31.3 Å². The number of hydrogen-bond donors (Lipinski definition) is 0. The van der Waals surface area contributed by atoms with E-state index >= 15 is 0 Å². The summed E-state index contributed by atoms with van der Waals surface area (Å²) in [4.78, 5) is 19.8. The number of hydrogen-bond acceptors (Lipinski definition) is 3. The summed E-state index contributed by atoms with van der Waals surface area (Å²) in [6.45, 7) is 1.08. The van der Waals surface area contributed by atoms with Gasteiger partial charge in [0.15, 0.2) is 0 Å². The number of nitrogens with zero attached hydrogens (tertiary/aromatic N) is 2. The number of carbonyl (C=O) groups excluding carboxylic acids is 1. The van der Waals surface area contributed by atoms with Crippen molar-refractivity contribution in [3.8, 4) is 0 Å². The number of carbonyl (C=O) groups is 1. The number of likely N-dealkylation sites (tertiary alicyclic amines) is 1. The fourth-order valence-corrected chi connectivity index (χ4v) is 3.73. The summed E-state index contributed by atoms with van der Waals surface area (Å²) in [6.07, 6.45) is 1.07. The molecule has 0 N–H and O–H groups in total. The van der Waals surface area contributed by atoms with Crippen molar-refractivity contribution < 1.29 is 18.4 Å². The molecule has 0 aliphatic carbocycles. The lowest BCUT2D eigenvalue weighted by Crippen LogP contribution is -2.37. The van der Waals surface area contributed by atoms with E-state index in [1.807, 2.05) is 6.07 Å². The second kappa shape index (κ2) is 7.47. The largest absolute Gasteiger partial charge is 0.382 e. The van der Waals surface area contributed by atoms with Crippen LogP contribution in [0.1, 0.15) is 29.9 Å². The molecule has 2 aromatic rings. The molecular formula is C21H20F2N2O2. The highest BCUT2D eigenvalue weighted by Crippen LogP contribution is 2.30. The van der Waals surface area contributed by atoms with E-state index in [0.29, 0.717) is 31.5 Å². The smallest absolute Gasteiger partial charge is 0.266 e. The highest BCUT2D eigenvalue weighted by atomic mass is 19.1. The fraction of sp³-hybridized carbons (Fsp3) is 0.333. The van der Waals surface area contributed by atoms with Gasteiger partial charge in [0.1, 0.15) is 11.6 Å². The van der Waals surface area contributed by atoms with Gasteiger partial charge in [0.25, 0.3) is 5.91 Å². The molecule has 0 spiro atoms. The van der Waals surface area contributed by atoms with Crippen LogP contribution in [-0.4, -0.2) is 35.7 Å². The number of halogens is 2. The Morgan fingerprint density at radius 2 is 1.93 bits per heavy atom. The molecule has 2 unspecified atom stereocenters. The zero-order valence-electron chi connectivity index (χ0n) is 14.8. The molecule has 0 aromatic heterocycles. The van der Waals surface area contributed by atoms with Crippen LogP contribution in [0.15, 0.2) is 53.7 Å². The summed E-state index contributed by atoms with van der Waals surface area (Å²) in [5.74, 6) is -0.600.